The SMILES string of the molecule is COc1ncccc1COc1ccc(Br)cc1C(C)=O. The van der Waals surface area contributed by atoms with E-state index in [0.29, 0.717) is 23.8 Å². The Morgan fingerprint density at radius 1 is 1.35 bits per heavy atom. The van der Waals surface area contributed by atoms with Gasteiger partial charge in [0.2, 0.25) is 5.88 Å². The van der Waals surface area contributed by atoms with Gasteiger partial charge in [-0.25, -0.2) is 4.98 Å². The largest absolute Gasteiger partial charge is 0.488 e. The second-order valence-corrected chi connectivity index (χ2v) is 5.07. The molecule has 4 nitrogen and oxygen atoms in total. The first kappa shape index (κ1) is 14.5. The first-order chi connectivity index (χ1) is 9.61. The fraction of sp³-hybridized carbons (Fsp3) is 0.200. The van der Waals surface area contributed by atoms with E-state index in [4.69, 9.17) is 9.47 Å². The maximum atomic E-state index is 11.6. The van der Waals surface area contributed by atoms with E-state index in [-0.39, 0.29) is 5.78 Å². The van der Waals surface area contributed by atoms with Crippen molar-refractivity contribution in [3.05, 3.63) is 52.1 Å². The van der Waals surface area contributed by atoms with E-state index in [0.717, 1.165) is 10.0 Å². The van der Waals surface area contributed by atoms with Crippen LogP contribution in [0.15, 0.2) is 41.0 Å². The summed E-state index contributed by atoms with van der Waals surface area (Å²) in [6.45, 7) is 1.80. The zero-order valence-corrected chi connectivity index (χ0v) is 12.8. The first-order valence-corrected chi connectivity index (χ1v) is 6.82. The molecule has 0 saturated carbocycles. The highest BCUT2D eigenvalue weighted by molar-refractivity contribution is 9.10. The highest BCUT2D eigenvalue weighted by atomic mass is 79.9. The quantitative estimate of drug-likeness (QED) is 0.783. The summed E-state index contributed by atoms with van der Waals surface area (Å²) >= 11 is 3.35. The van der Waals surface area contributed by atoms with Crippen LogP contribution in [0.25, 0.3) is 0 Å². The molecule has 0 spiro atoms. The van der Waals surface area contributed by atoms with Gasteiger partial charge < -0.3 is 9.47 Å². The number of carbonyl (C=O) groups excluding carboxylic acids is 1. The van der Waals surface area contributed by atoms with Crippen LogP contribution in [0, 0.1) is 0 Å². The third-order valence-corrected chi connectivity index (χ3v) is 3.24. The predicted octanol–water partition coefficient (Wildman–Crippen LogP) is 3.63. The summed E-state index contributed by atoms with van der Waals surface area (Å²) in [6.07, 6.45) is 1.66. The third-order valence-electron chi connectivity index (χ3n) is 2.75. The number of ketones is 1. The Labute approximate surface area is 125 Å². The minimum Gasteiger partial charge on any atom is -0.488 e. The molecule has 0 atom stereocenters. The summed E-state index contributed by atoms with van der Waals surface area (Å²) in [5.41, 5.74) is 1.37. The van der Waals surface area contributed by atoms with E-state index >= 15 is 0 Å². The van der Waals surface area contributed by atoms with Crippen molar-refractivity contribution in [3.63, 3.8) is 0 Å². The molecule has 0 unspecified atom stereocenters. The monoisotopic (exact) mass is 335 g/mol. The van der Waals surface area contributed by atoms with Crippen LogP contribution in [0.3, 0.4) is 0 Å². The van der Waals surface area contributed by atoms with Crippen LogP contribution in [0.2, 0.25) is 0 Å². The summed E-state index contributed by atoms with van der Waals surface area (Å²) in [4.78, 5) is 15.7. The maximum Gasteiger partial charge on any atom is 0.219 e. The van der Waals surface area contributed by atoms with E-state index in [1.165, 1.54) is 6.92 Å². The van der Waals surface area contributed by atoms with E-state index < -0.39 is 0 Å². The number of benzene rings is 1. The molecule has 5 heteroatoms. The number of pyridine rings is 1. The molecule has 0 N–H and O–H groups in total. The number of Topliss-reactive ketones (excluding diaryl/α,β-unsaturated/α-hetero) is 1. The molecule has 0 amide bonds. The Balaban J connectivity index is 2.21. The average molecular weight is 336 g/mol. The molecule has 0 saturated heterocycles. The highest BCUT2D eigenvalue weighted by Crippen LogP contribution is 2.25. The van der Waals surface area contributed by atoms with Crippen LogP contribution in [0.4, 0.5) is 0 Å². The van der Waals surface area contributed by atoms with Gasteiger partial charge in [-0.3, -0.25) is 4.79 Å². The van der Waals surface area contributed by atoms with Crippen molar-refractivity contribution in [3.8, 4) is 11.6 Å². The zero-order valence-electron chi connectivity index (χ0n) is 11.2. The summed E-state index contributed by atoms with van der Waals surface area (Å²) in [5.74, 6) is 1.03. The lowest BCUT2D eigenvalue weighted by Crippen LogP contribution is -2.03. The van der Waals surface area contributed by atoms with Crippen molar-refractivity contribution in [2.24, 2.45) is 0 Å². The van der Waals surface area contributed by atoms with Crippen molar-refractivity contribution in [1.29, 1.82) is 0 Å². The molecule has 0 fully saturated rings. The van der Waals surface area contributed by atoms with Gasteiger partial charge in [0.25, 0.3) is 0 Å². The second-order valence-electron chi connectivity index (χ2n) is 4.16. The molecular weight excluding hydrogens is 322 g/mol. The van der Waals surface area contributed by atoms with Crippen molar-refractivity contribution < 1.29 is 14.3 Å². The van der Waals surface area contributed by atoms with E-state index in [1.807, 2.05) is 18.2 Å². The zero-order chi connectivity index (χ0) is 14.5. The summed E-state index contributed by atoms with van der Waals surface area (Å²) in [6, 6.07) is 9.04. The van der Waals surface area contributed by atoms with E-state index in [1.54, 1.807) is 25.4 Å². The van der Waals surface area contributed by atoms with Crippen molar-refractivity contribution in [2.75, 3.05) is 7.11 Å². The predicted molar refractivity (Wildman–Crippen MR) is 79.3 cm³/mol. The minimum atomic E-state index is -0.0422. The Morgan fingerprint density at radius 2 is 2.15 bits per heavy atom. The molecular formula is C15H14BrNO3. The van der Waals surface area contributed by atoms with Crippen molar-refractivity contribution in [1.82, 2.24) is 4.98 Å². The van der Waals surface area contributed by atoms with Crippen molar-refractivity contribution >= 4 is 21.7 Å². The first-order valence-electron chi connectivity index (χ1n) is 6.03. The van der Waals surface area contributed by atoms with Crippen LogP contribution in [0.1, 0.15) is 22.8 Å². The number of hydrogen-bond donors (Lipinski definition) is 0. The van der Waals surface area contributed by atoms with Gasteiger partial charge in [0.15, 0.2) is 5.78 Å². The fourth-order valence-corrected chi connectivity index (χ4v) is 2.14. The Bertz CT molecular complexity index is 628. The van der Waals surface area contributed by atoms with Crippen LogP contribution < -0.4 is 9.47 Å². The molecule has 0 aliphatic rings. The molecule has 1 aromatic carbocycles. The number of carbonyl (C=O) groups is 1. The molecule has 0 aliphatic heterocycles. The molecule has 2 aromatic rings. The molecule has 0 aliphatic carbocycles. The third kappa shape index (κ3) is 3.36. The normalized spacial score (nSPS) is 10.2. The smallest absolute Gasteiger partial charge is 0.219 e. The maximum absolute atomic E-state index is 11.6. The fourth-order valence-electron chi connectivity index (χ4n) is 1.78. The summed E-state index contributed by atoms with van der Waals surface area (Å²) in [5, 5.41) is 0. The lowest BCUT2D eigenvalue weighted by atomic mass is 10.1. The van der Waals surface area contributed by atoms with Crippen LogP contribution >= 0.6 is 15.9 Å². The standard InChI is InChI=1S/C15H14BrNO3/c1-10(18)13-8-12(16)5-6-14(13)20-9-11-4-3-7-17-15(11)19-2/h3-8H,9H2,1-2H3. The highest BCUT2D eigenvalue weighted by Gasteiger charge is 2.11. The summed E-state index contributed by atoms with van der Waals surface area (Å²) < 4.78 is 11.7. The van der Waals surface area contributed by atoms with Gasteiger partial charge in [-0.15, -0.1) is 0 Å². The van der Waals surface area contributed by atoms with Crippen LogP contribution in [-0.2, 0) is 6.61 Å². The van der Waals surface area contributed by atoms with Gasteiger partial charge >= 0.3 is 0 Å². The topological polar surface area (TPSA) is 48.4 Å². The molecule has 20 heavy (non-hydrogen) atoms. The molecule has 104 valence electrons. The lowest BCUT2D eigenvalue weighted by Gasteiger charge is -2.11. The number of halogens is 1. The molecule has 2 rings (SSSR count). The van der Waals surface area contributed by atoms with Gasteiger partial charge in [-0.1, -0.05) is 15.9 Å². The number of rotatable bonds is 5. The van der Waals surface area contributed by atoms with Crippen LogP contribution in [-0.4, -0.2) is 17.9 Å². The van der Waals surface area contributed by atoms with Gasteiger partial charge in [0, 0.05) is 10.7 Å². The molecule has 1 heterocycles. The second kappa shape index (κ2) is 6.52. The lowest BCUT2D eigenvalue weighted by molar-refractivity contribution is 0.101. The number of aromatic nitrogens is 1. The summed E-state index contributed by atoms with van der Waals surface area (Å²) in [7, 11) is 1.56. The van der Waals surface area contributed by atoms with Gasteiger partial charge in [0.1, 0.15) is 12.4 Å². The number of methoxy groups -OCH3 is 1. The van der Waals surface area contributed by atoms with E-state index in [2.05, 4.69) is 20.9 Å². The van der Waals surface area contributed by atoms with Gasteiger partial charge in [-0.2, -0.15) is 0 Å². The Morgan fingerprint density at radius 3 is 2.85 bits per heavy atom. The molecule has 0 bridgehead atoms. The molecule has 1 aromatic heterocycles. The van der Waals surface area contributed by atoms with E-state index in [9.17, 15) is 4.79 Å². The molecule has 0 radical (unpaired) electrons. The minimum absolute atomic E-state index is 0.0422. The van der Waals surface area contributed by atoms with Gasteiger partial charge in [-0.05, 0) is 37.3 Å². The average Bonchev–Trinajstić information content (AvgIpc) is 2.46. The van der Waals surface area contributed by atoms with Crippen molar-refractivity contribution in [2.45, 2.75) is 13.5 Å². The number of nitrogens with zero attached hydrogens (tertiary/aromatic N) is 1. The van der Waals surface area contributed by atoms with Crippen LogP contribution in [0.5, 0.6) is 11.6 Å². The number of hydrogen-bond acceptors (Lipinski definition) is 4. The Kier molecular flexibility index (Phi) is 4.74. The Hall–Kier alpha value is -1.88. The number of ether oxygens (including phenoxy) is 2. The van der Waals surface area contributed by atoms with Gasteiger partial charge in [0.05, 0.1) is 18.2 Å².